The number of hydrogen-bond donors (Lipinski definition) is 0. The van der Waals surface area contributed by atoms with Crippen LogP contribution in [0.5, 0.6) is 5.75 Å². The zero-order chi connectivity index (χ0) is 14.8. The lowest BCUT2D eigenvalue weighted by Gasteiger charge is -2.36. The molecule has 0 aromatic heterocycles. The highest BCUT2D eigenvalue weighted by Gasteiger charge is 2.37. The van der Waals surface area contributed by atoms with Crippen molar-refractivity contribution < 1.29 is 13.6 Å². The van der Waals surface area contributed by atoms with Crippen molar-refractivity contribution in [2.45, 2.75) is 45.5 Å². The Labute approximate surface area is 124 Å². The van der Waals surface area contributed by atoms with E-state index in [1.54, 1.807) is 13.2 Å². The van der Waals surface area contributed by atoms with Gasteiger partial charge in [0.15, 0.2) is 8.32 Å². The van der Waals surface area contributed by atoms with E-state index in [0.29, 0.717) is 16.8 Å². The summed E-state index contributed by atoms with van der Waals surface area (Å²) in [4.78, 5) is 0. The van der Waals surface area contributed by atoms with Crippen molar-refractivity contribution in [2.75, 3.05) is 7.11 Å². The summed E-state index contributed by atoms with van der Waals surface area (Å²) in [6, 6.07) is 3.11. The Morgan fingerprint density at radius 3 is 2.32 bits per heavy atom. The van der Waals surface area contributed by atoms with E-state index in [2.05, 4.69) is 49.8 Å². The summed E-state index contributed by atoms with van der Waals surface area (Å²) in [5.74, 6) is 0.201. The summed E-state index contributed by atoms with van der Waals surface area (Å²) in [5.41, 5.74) is 0.862. The van der Waals surface area contributed by atoms with E-state index < -0.39 is 8.32 Å². The second-order valence-corrected chi connectivity index (χ2v) is 11.8. The molecule has 1 aromatic carbocycles. The molecule has 0 aliphatic rings. The summed E-state index contributed by atoms with van der Waals surface area (Å²) in [6.07, 6.45) is 0. The largest absolute Gasteiger partial charge is 0.496 e. The molecule has 0 aliphatic carbocycles. The first-order chi connectivity index (χ1) is 8.58. The van der Waals surface area contributed by atoms with Gasteiger partial charge in [-0.25, -0.2) is 4.39 Å². The van der Waals surface area contributed by atoms with Crippen molar-refractivity contribution in [2.24, 2.45) is 0 Å². The molecule has 1 aromatic rings. The molecular formula is C14H22BrFO2Si. The van der Waals surface area contributed by atoms with Crippen molar-refractivity contribution >= 4 is 24.2 Å². The van der Waals surface area contributed by atoms with Crippen molar-refractivity contribution in [3.63, 3.8) is 0 Å². The van der Waals surface area contributed by atoms with Gasteiger partial charge in [-0.2, -0.15) is 0 Å². The molecule has 0 bridgehead atoms. The maximum absolute atomic E-state index is 13.5. The van der Waals surface area contributed by atoms with Gasteiger partial charge in [0.2, 0.25) is 0 Å². The number of benzene rings is 1. The first-order valence-electron chi connectivity index (χ1n) is 6.24. The maximum Gasteiger partial charge on any atom is 0.192 e. The minimum Gasteiger partial charge on any atom is -0.496 e. The minimum absolute atomic E-state index is 0.150. The lowest BCUT2D eigenvalue weighted by molar-refractivity contribution is 0.269. The monoisotopic (exact) mass is 348 g/mol. The van der Waals surface area contributed by atoms with E-state index >= 15 is 0 Å². The smallest absolute Gasteiger partial charge is 0.192 e. The summed E-state index contributed by atoms with van der Waals surface area (Å²) >= 11 is 3.19. The first-order valence-corrected chi connectivity index (χ1v) is 9.94. The van der Waals surface area contributed by atoms with Gasteiger partial charge in [-0.1, -0.05) is 20.8 Å². The molecule has 0 N–H and O–H groups in total. The van der Waals surface area contributed by atoms with Crippen LogP contribution in [0.2, 0.25) is 18.1 Å². The van der Waals surface area contributed by atoms with Crippen molar-refractivity contribution in [1.29, 1.82) is 0 Å². The Kier molecular flexibility index (Phi) is 5.20. The second-order valence-electron chi connectivity index (χ2n) is 6.13. The van der Waals surface area contributed by atoms with E-state index in [9.17, 15) is 4.39 Å². The van der Waals surface area contributed by atoms with Crippen LogP contribution in [0.15, 0.2) is 16.6 Å². The molecule has 0 saturated heterocycles. The molecular weight excluding hydrogens is 327 g/mol. The van der Waals surface area contributed by atoms with Crippen LogP contribution >= 0.6 is 15.9 Å². The Bertz CT molecular complexity index is 455. The highest BCUT2D eigenvalue weighted by Crippen LogP contribution is 2.38. The molecule has 108 valence electrons. The van der Waals surface area contributed by atoms with Crippen LogP contribution < -0.4 is 4.74 Å². The standard InChI is InChI=1S/C14H22BrFO2Si/c1-14(2,3)19(5,6)18-9-10-7-11(15)12(16)8-13(10)17-4/h7-8H,9H2,1-6H3. The predicted octanol–water partition coefficient (Wildman–Crippen LogP) is 5.12. The molecule has 0 atom stereocenters. The maximum atomic E-state index is 13.5. The first kappa shape index (κ1) is 16.7. The molecule has 5 heteroatoms. The average molecular weight is 349 g/mol. The molecule has 0 saturated carbocycles. The number of rotatable bonds is 4. The molecule has 0 heterocycles. The third-order valence-electron chi connectivity index (χ3n) is 3.72. The fourth-order valence-electron chi connectivity index (χ4n) is 1.35. The lowest BCUT2D eigenvalue weighted by atomic mass is 10.2. The van der Waals surface area contributed by atoms with Crippen LogP contribution in [0, 0.1) is 5.82 Å². The van der Waals surface area contributed by atoms with E-state index in [0.717, 1.165) is 5.56 Å². The summed E-state index contributed by atoms with van der Waals surface area (Å²) in [6.45, 7) is 11.4. The summed E-state index contributed by atoms with van der Waals surface area (Å²) in [5, 5.41) is 0.150. The Morgan fingerprint density at radius 1 is 1.26 bits per heavy atom. The zero-order valence-corrected chi connectivity index (χ0v) is 15.0. The molecule has 0 unspecified atom stereocenters. The Hall–Kier alpha value is -0.393. The third-order valence-corrected chi connectivity index (χ3v) is 8.80. The van der Waals surface area contributed by atoms with Gasteiger partial charge in [0.25, 0.3) is 0 Å². The van der Waals surface area contributed by atoms with Crippen molar-refractivity contribution in [3.05, 3.63) is 28.0 Å². The quantitative estimate of drug-likeness (QED) is 0.703. The molecule has 1 rings (SSSR count). The molecule has 0 aliphatic heterocycles. The van der Waals surface area contributed by atoms with Gasteiger partial charge >= 0.3 is 0 Å². The predicted molar refractivity (Wildman–Crippen MR) is 82.6 cm³/mol. The molecule has 0 radical (unpaired) electrons. The number of halogens is 2. The fraction of sp³-hybridized carbons (Fsp3) is 0.571. The number of hydrogen-bond acceptors (Lipinski definition) is 2. The SMILES string of the molecule is COc1cc(F)c(Br)cc1CO[Si](C)(C)C(C)(C)C. The highest BCUT2D eigenvalue weighted by molar-refractivity contribution is 9.10. The number of methoxy groups -OCH3 is 1. The molecule has 0 amide bonds. The van der Waals surface area contributed by atoms with Gasteiger partial charge < -0.3 is 9.16 Å². The van der Waals surface area contributed by atoms with Crippen LogP contribution in [0.1, 0.15) is 26.3 Å². The van der Waals surface area contributed by atoms with Gasteiger partial charge in [0.1, 0.15) is 11.6 Å². The molecule has 2 nitrogen and oxygen atoms in total. The van der Waals surface area contributed by atoms with Gasteiger partial charge in [0.05, 0.1) is 18.2 Å². The van der Waals surface area contributed by atoms with Gasteiger partial charge in [0, 0.05) is 11.6 Å². The van der Waals surface area contributed by atoms with Crippen LogP contribution in [-0.4, -0.2) is 15.4 Å². The third kappa shape index (κ3) is 4.03. The summed E-state index contributed by atoms with van der Waals surface area (Å²) < 4.78 is 25.2. The number of ether oxygens (including phenoxy) is 1. The topological polar surface area (TPSA) is 18.5 Å². The van der Waals surface area contributed by atoms with Crippen LogP contribution in [0.3, 0.4) is 0 Å². The minimum atomic E-state index is -1.82. The summed E-state index contributed by atoms with van der Waals surface area (Å²) in [7, 11) is -0.279. The van der Waals surface area contributed by atoms with Crippen molar-refractivity contribution in [1.82, 2.24) is 0 Å². The van der Waals surface area contributed by atoms with Crippen molar-refractivity contribution in [3.8, 4) is 5.75 Å². The highest BCUT2D eigenvalue weighted by atomic mass is 79.9. The fourth-order valence-corrected chi connectivity index (χ4v) is 2.69. The van der Waals surface area contributed by atoms with E-state index in [1.165, 1.54) is 6.07 Å². The molecule has 19 heavy (non-hydrogen) atoms. The van der Waals surface area contributed by atoms with E-state index in [-0.39, 0.29) is 10.9 Å². The van der Waals surface area contributed by atoms with Gasteiger partial charge in [-0.05, 0) is 40.1 Å². The Morgan fingerprint density at radius 2 is 1.84 bits per heavy atom. The van der Waals surface area contributed by atoms with Crippen LogP contribution in [0.25, 0.3) is 0 Å². The lowest BCUT2D eigenvalue weighted by Crippen LogP contribution is -2.40. The molecule has 0 spiro atoms. The van der Waals surface area contributed by atoms with Gasteiger partial charge in [-0.3, -0.25) is 0 Å². The van der Waals surface area contributed by atoms with E-state index in [1.807, 2.05) is 0 Å². The Balaban J connectivity index is 2.92. The van der Waals surface area contributed by atoms with Gasteiger partial charge in [-0.15, -0.1) is 0 Å². The van der Waals surface area contributed by atoms with Crippen LogP contribution in [-0.2, 0) is 11.0 Å². The zero-order valence-electron chi connectivity index (χ0n) is 12.4. The molecule has 0 fully saturated rings. The normalized spacial score (nSPS) is 12.6. The second kappa shape index (κ2) is 5.93. The van der Waals surface area contributed by atoms with Crippen LogP contribution in [0.4, 0.5) is 4.39 Å². The van der Waals surface area contributed by atoms with E-state index in [4.69, 9.17) is 9.16 Å². The average Bonchev–Trinajstić information content (AvgIpc) is 2.28.